The Morgan fingerprint density at radius 2 is 1.93 bits per heavy atom. The molecule has 7 nitrogen and oxygen atoms in total. The summed E-state index contributed by atoms with van der Waals surface area (Å²) in [5, 5.41) is 2.74. The van der Waals surface area contributed by atoms with E-state index in [2.05, 4.69) is 5.32 Å². The van der Waals surface area contributed by atoms with Crippen molar-refractivity contribution in [3.8, 4) is 11.5 Å². The van der Waals surface area contributed by atoms with Crippen molar-refractivity contribution < 1.29 is 22.7 Å². The number of benzene rings is 2. The third-order valence-electron chi connectivity index (χ3n) is 4.42. The van der Waals surface area contributed by atoms with E-state index in [9.17, 15) is 13.2 Å². The SMILES string of the molecule is CCS(=O)(=O)N1C[C@@H](C(=O)NCCOc2ccc(C)cc2)Oc2ccccc21. The van der Waals surface area contributed by atoms with E-state index in [1.54, 1.807) is 31.2 Å². The second kappa shape index (κ2) is 8.52. The molecule has 1 N–H and O–H groups in total. The first kappa shape index (κ1) is 20.0. The van der Waals surface area contributed by atoms with Gasteiger partial charge in [-0.05, 0) is 38.1 Å². The zero-order chi connectivity index (χ0) is 20.1. The first-order valence-electron chi connectivity index (χ1n) is 9.14. The highest BCUT2D eigenvalue weighted by Gasteiger charge is 2.35. The number of para-hydroxylation sites is 2. The quantitative estimate of drug-likeness (QED) is 0.715. The molecule has 0 fully saturated rings. The molecule has 2 aromatic carbocycles. The minimum atomic E-state index is -3.52. The van der Waals surface area contributed by atoms with Crippen LogP contribution in [0.2, 0.25) is 0 Å². The van der Waals surface area contributed by atoms with E-state index < -0.39 is 16.1 Å². The van der Waals surface area contributed by atoms with Crippen molar-refractivity contribution >= 4 is 21.6 Å². The number of nitrogens with zero attached hydrogens (tertiary/aromatic N) is 1. The van der Waals surface area contributed by atoms with E-state index >= 15 is 0 Å². The van der Waals surface area contributed by atoms with Gasteiger partial charge >= 0.3 is 0 Å². The number of hydrogen-bond donors (Lipinski definition) is 1. The van der Waals surface area contributed by atoms with Crippen LogP contribution < -0.4 is 19.1 Å². The molecular formula is C20H24N2O5S. The van der Waals surface area contributed by atoms with Crippen LogP contribution >= 0.6 is 0 Å². The molecule has 0 radical (unpaired) electrons. The standard InChI is InChI=1S/C20H24N2O5S/c1-3-28(24,25)22-14-19(27-18-7-5-4-6-17(18)22)20(23)21-12-13-26-16-10-8-15(2)9-11-16/h4-11,19H,3,12-14H2,1-2H3,(H,21,23)/t19-/m0/s1. The Hall–Kier alpha value is -2.74. The van der Waals surface area contributed by atoms with Gasteiger partial charge in [0.05, 0.1) is 24.5 Å². The van der Waals surface area contributed by atoms with E-state index in [0.717, 1.165) is 11.3 Å². The number of fused-ring (bicyclic) bond motifs is 1. The summed E-state index contributed by atoms with van der Waals surface area (Å²) < 4.78 is 37.5. The Kier molecular flexibility index (Phi) is 6.08. The number of sulfonamides is 1. The van der Waals surface area contributed by atoms with Gasteiger partial charge in [0.15, 0.2) is 6.10 Å². The number of anilines is 1. The van der Waals surface area contributed by atoms with Gasteiger partial charge in [0.25, 0.3) is 5.91 Å². The summed E-state index contributed by atoms with van der Waals surface area (Å²) in [6.07, 6.45) is -0.921. The maximum absolute atomic E-state index is 12.5. The summed E-state index contributed by atoms with van der Waals surface area (Å²) >= 11 is 0. The van der Waals surface area contributed by atoms with Gasteiger partial charge in [-0.1, -0.05) is 29.8 Å². The topological polar surface area (TPSA) is 84.9 Å². The maximum atomic E-state index is 12.5. The molecule has 1 heterocycles. The third kappa shape index (κ3) is 4.56. The first-order chi connectivity index (χ1) is 13.4. The molecule has 0 saturated heterocycles. The number of aryl methyl sites for hydroxylation is 1. The normalized spacial score (nSPS) is 16.1. The van der Waals surface area contributed by atoms with Gasteiger partial charge in [-0.15, -0.1) is 0 Å². The molecule has 1 aliphatic rings. The molecule has 2 aromatic rings. The molecule has 3 rings (SSSR count). The average molecular weight is 404 g/mol. The zero-order valence-corrected chi connectivity index (χ0v) is 16.7. The summed E-state index contributed by atoms with van der Waals surface area (Å²) in [4.78, 5) is 12.5. The molecule has 1 aliphatic heterocycles. The fourth-order valence-corrected chi connectivity index (χ4v) is 3.97. The van der Waals surface area contributed by atoms with E-state index in [0.29, 0.717) is 18.0 Å². The molecule has 150 valence electrons. The molecule has 1 atom stereocenters. The van der Waals surface area contributed by atoms with Gasteiger partial charge in [0, 0.05) is 0 Å². The fourth-order valence-electron chi connectivity index (χ4n) is 2.85. The summed E-state index contributed by atoms with van der Waals surface area (Å²) in [6, 6.07) is 14.4. The Bertz CT molecular complexity index is 928. The Morgan fingerprint density at radius 3 is 2.64 bits per heavy atom. The van der Waals surface area contributed by atoms with E-state index in [1.807, 2.05) is 31.2 Å². The van der Waals surface area contributed by atoms with Crippen LogP contribution in [-0.2, 0) is 14.8 Å². The molecule has 0 unspecified atom stereocenters. The molecule has 0 saturated carbocycles. The van der Waals surface area contributed by atoms with Gasteiger partial charge in [-0.25, -0.2) is 8.42 Å². The Labute approximate surface area is 165 Å². The monoisotopic (exact) mass is 404 g/mol. The molecule has 8 heteroatoms. The van der Waals surface area contributed by atoms with Gasteiger partial charge in [-0.3, -0.25) is 9.10 Å². The molecule has 0 spiro atoms. The number of carbonyl (C=O) groups excluding carboxylic acids is 1. The van der Waals surface area contributed by atoms with Gasteiger partial charge in [0.2, 0.25) is 10.0 Å². The molecular weight excluding hydrogens is 380 g/mol. The minimum Gasteiger partial charge on any atom is -0.492 e. The molecule has 0 aliphatic carbocycles. The predicted octanol–water partition coefficient (Wildman–Crippen LogP) is 2.11. The second-order valence-electron chi connectivity index (χ2n) is 6.46. The molecule has 1 amide bonds. The van der Waals surface area contributed by atoms with Crippen LogP contribution in [0.5, 0.6) is 11.5 Å². The van der Waals surface area contributed by atoms with Crippen molar-refractivity contribution in [2.24, 2.45) is 0 Å². The summed E-state index contributed by atoms with van der Waals surface area (Å²) in [5.74, 6) is 0.670. The highest BCUT2D eigenvalue weighted by atomic mass is 32.2. The summed E-state index contributed by atoms with van der Waals surface area (Å²) in [5.41, 5.74) is 1.60. The Balaban J connectivity index is 1.60. The number of amides is 1. The van der Waals surface area contributed by atoms with Gasteiger partial charge in [-0.2, -0.15) is 0 Å². The van der Waals surface area contributed by atoms with Crippen LogP contribution in [0.1, 0.15) is 12.5 Å². The first-order valence-corrected chi connectivity index (χ1v) is 10.7. The maximum Gasteiger partial charge on any atom is 0.263 e. The zero-order valence-electron chi connectivity index (χ0n) is 15.9. The van der Waals surface area contributed by atoms with Gasteiger partial charge < -0.3 is 14.8 Å². The summed E-state index contributed by atoms with van der Waals surface area (Å²) in [7, 11) is -3.52. The van der Waals surface area contributed by atoms with Crippen LogP contribution in [0, 0.1) is 6.92 Å². The van der Waals surface area contributed by atoms with E-state index in [1.165, 1.54) is 4.31 Å². The van der Waals surface area contributed by atoms with Crippen molar-refractivity contribution in [1.29, 1.82) is 0 Å². The van der Waals surface area contributed by atoms with Crippen molar-refractivity contribution in [3.63, 3.8) is 0 Å². The number of ether oxygens (including phenoxy) is 2. The number of rotatable bonds is 7. The Morgan fingerprint density at radius 1 is 1.21 bits per heavy atom. The van der Waals surface area contributed by atoms with Crippen LogP contribution in [0.25, 0.3) is 0 Å². The molecule has 28 heavy (non-hydrogen) atoms. The van der Waals surface area contributed by atoms with Crippen molar-refractivity contribution in [2.45, 2.75) is 20.0 Å². The van der Waals surface area contributed by atoms with E-state index in [4.69, 9.17) is 9.47 Å². The largest absolute Gasteiger partial charge is 0.492 e. The van der Waals surface area contributed by atoms with Crippen LogP contribution in [0.4, 0.5) is 5.69 Å². The number of hydrogen-bond acceptors (Lipinski definition) is 5. The molecule has 0 aromatic heterocycles. The van der Waals surface area contributed by atoms with Crippen molar-refractivity contribution in [3.05, 3.63) is 54.1 Å². The highest BCUT2D eigenvalue weighted by Crippen LogP contribution is 2.35. The lowest BCUT2D eigenvalue weighted by atomic mass is 10.2. The second-order valence-corrected chi connectivity index (χ2v) is 8.64. The van der Waals surface area contributed by atoms with E-state index in [-0.39, 0.29) is 24.7 Å². The van der Waals surface area contributed by atoms with Crippen molar-refractivity contribution in [2.75, 3.05) is 29.8 Å². The average Bonchev–Trinajstić information content (AvgIpc) is 2.71. The third-order valence-corrected chi connectivity index (χ3v) is 6.17. The fraction of sp³-hybridized carbons (Fsp3) is 0.350. The number of carbonyl (C=O) groups is 1. The lowest BCUT2D eigenvalue weighted by Crippen LogP contribution is -2.51. The lowest BCUT2D eigenvalue weighted by Gasteiger charge is -2.34. The van der Waals surface area contributed by atoms with Crippen LogP contribution in [0.3, 0.4) is 0 Å². The highest BCUT2D eigenvalue weighted by molar-refractivity contribution is 7.92. The smallest absolute Gasteiger partial charge is 0.263 e. The predicted molar refractivity (Wildman–Crippen MR) is 107 cm³/mol. The van der Waals surface area contributed by atoms with Crippen molar-refractivity contribution in [1.82, 2.24) is 5.32 Å². The van der Waals surface area contributed by atoms with Gasteiger partial charge in [0.1, 0.15) is 18.1 Å². The lowest BCUT2D eigenvalue weighted by molar-refractivity contribution is -0.127. The van der Waals surface area contributed by atoms with Crippen LogP contribution in [0.15, 0.2) is 48.5 Å². The van der Waals surface area contributed by atoms with Crippen LogP contribution in [-0.4, -0.2) is 45.9 Å². The number of nitrogens with one attached hydrogen (secondary N) is 1. The summed E-state index contributed by atoms with van der Waals surface area (Å²) in [6.45, 7) is 4.10. The minimum absolute atomic E-state index is 0.0555. The molecule has 0 bridgehead atoms.